The minimum Gasteiger partial charge on any atom is -0.439 e. The number of carbonyl (C=O) groups is 2. The largest absolute Gasteiger partial charge is 0.439 e. The van der Waals surface area contributed by atoms with E-state index in [2.05, 4.69) is 10.3 Å². The number of hydrogen-bond acceptors (Lipinski definition) is 5. The standard InChI is InChI=1S/C19H15F3N2O3S/c20-19(21,22)11-6-7-23-15(9-11)27-12-4-5-13-10(8-12)2-1-3-14(13)16-17(25)24-18(26)28-16/h4-9,14,16H,1-3H2,(H,24,25,26)/t14-,16?/m1/s1. The summed E-state index contributed by atoms with van der Waals surface area (Å²) in [7, 11) is 0. The van der Waals surface area contributed by atoms with E-state index in [0.717, 1.165) is 60.5 Å². The third-order valence-electron chi connectivity index (χ3n) is 4.84. The number of alkyl halides is 3. The molecular weight excluding hydrogens is 393 g/mol. The number of ether oxygens (including phenoxy) is 1. The number of nitrogens with one attached hydrogen (secondary N) is 1. The van der Waals surface area contributed by atoms with Gasteiger partial charge < -0.3 is 4.74 Å². The van der Waals surface area contributed by atoms with Crippen LogP contribution in [0.15, 0.2) is 36.5 Å². The summed E-state index contributed by atoms with van der Waals surface area (Å²) in [6.45, 7) is 0. The van der Waals surface area contributed by atoms with Crippen molar-refractivity contribution in [3.63, 3.8) is 0 Å². The quantitative estimate of drug-likeness (QED) is 0.800. The fourth-order valence-corrected chi connectivity index (χ4v) is 4.61. The molecule has 1 aromatic heterocycles. The lowest BCUT2D eigenvalue weighted by Gasteiger charge is -2.28. The molecule has 2 aromatic rings. The number of aromatic nitrogens is 1. The van der Waals surface area contributed by atoms with Crippen LogP contribution in [0.5, 0.6) is 11.6 Å². The van der Waals surface area contributed by atoms with Gasteiger partial charge in [0.15, 0.2) is 0 Å². The van der Waals surface area contributed by atoms with Gasteiger partial charge in [-0.2, -0.15) is 13.2 Å². The number of rotatable bonds is 3. The van der Waals surface area contributed by atoms with Crippen LogP contribution in [0.3, 0.4) is 0 Å². The number of carbonyl (C=O) groups excluding carboxylic acids is 2. The zero-order valence-corrected chi connectivity index (χ0v) is 15.3. The molecule has 1 aliphatic heterocycles. The van der Waals surface area contributed by atoms with Gasteiger partial charge in [0.2, 0.25) is 11.8 Å². The number of benzene rings is 1. The van der Waals surface area contributed by atoms with Crippen molar-refractivity contribution in [2.75, 3.05) is 0 Å². The highest BCUT2D eigenvalue weighted by Gasteiger charge is 2.40. The fraction of sp³-hybridized carbons (Fsp3) is 0.316. The first kappa shape index (κ1) is 18.8. The number of hydrogen-bond donors (Lipinski definition) is 1. The number of amides is 2. The predicted octanol–water partition coefficient (Wildman–Crippen LogP) is 4.66. The highest BCUT2D eigenvalue weighted by atomic mass is 32.2. The van der Waals surface area contributed by atoms with Gasteiger partial charge in [0.05, 0.1) is 5.56 Å². The van der Waals surface area contributed by atoms with Crippen LogP contribution in [0.25, 0.3) is 0 Å². The number of thioether (sulfide) groups is 1. The van der Waals surface area contributed by atoms with E-state index in [4.69, 9.17) is 4.74 Å². The maximum atomic E-state index is 12.8. The molecule has 4 rings (SSSR count). The topological polar surface area (TPSA) is 68.3 Å². The van der Waals surface area contributed by atoms with E-state index in [1.165, 1.54) is 0 Å². The fourth-order valence-electron chi connectivity index (χ4n) is 3.60. The Hall–Kier alpha value is -2.55. The van der Waals surface area contributed by atoms with Crippen molar-refractivity contribution in [2.24, 2.45) is 0 Å². The van der Waals surface area contributed by atoms with Crippen LogP contribution in [0.2, 0.25) is 0 Å². The Kier molecular flexibility index (Phi) is 4.78. The Bertz CT molecular complexity index is 948. The van der Waals surface area contributed by atoms with Crippen LogP contribution in [-0.2, 0) is 17.4 Å². The number of fused-ring (bicyclic) bond motifs is 1. The van der Waals surface area contributed by atoms with E-state index in [0.29, 0.717) is 5.75 Å². The Morgan fingerprint density at radius 2 is 2.00 bits per heavy atom. The number of pyridine rings is 1. The molecule has 0 radical (unpaired) electrons. The van der Waals surface area contributed by atoms with Crippen molar-refractivity contribution in [3.05, 3.63) is 53.2 Å². The average Bonchev–Trinajstić information content (AvgIpc) is 2.98. The van der Waals surface area contributed by atoms with Crippen LogP contribution < -0.4 is 10.1 Å². The first-order chi connectivity index (χ1) is 13.3. The van der Waals surface area contributed by atoms with Gasteiger partial charge in [-0.15, -0.1) is 0 Å². The van der Waals surface area contributed by atoms with Gasteiger partial charge in [0.1, 0.15) is 11.0 Å². The molecule has 1 saturated heterocycles. The molecule has 28 heavy (non-hydrogen) atoms. The lowest BCUT2D eigenvalue weighted by Crippen LogP contribution is -2.30. The molecule has 9 heteroatoms. The van der Waals surface area contributed by atoms with E-state index >= 15 is 0 Å². The third kappa shape index (κ3) is 3.71. The summed E-state index contributed by atoms with van der Waals surface area (Å²) in [5, 5.41) is 1.53. The van der Waals surface area contributed by atoms with Gasteiger partial charge in [-0.3, -0.25) is 14.9 Å². The molecule has 1 fully saturated rings. The van der Waals surface area contributed by atoms with Gasteiger partial charge in [0, 0.05) is 18.2 Å². The molecule has 2 amide bonds. The summed E-state index contributed by atoms with van der Waals surface area (Å²) in [5.41, 5.74) is 1.11. The molecule has 0 spiro atoms. The highest BCUT2D eigenvalue weighted by molar-refractivity contribution is 8.15. The van der Waals surface area contributed by atoms with Crippen molar-refractivity contribution in [3.8, 4) is 11.6 Å². The van der Waals surface area contributed by atoms with Crippen molar-refractivity contribution in [1.29, 1.82) is 0 Å². The van der Waals surface area contributed by atoms with Crippen LogP contribution in [0, 0.1) is 0 Å². The summed E-state index contributed by atoms with van der Waals surface area (Å²) in [4.78, 5) is 27.4. The van der Waals surface area contributed by atoms with Crippen LogP contribution >= 0.6 is 11.8 Å². The highest BCUT2D eigenvalue weighted by Crippen LogP contribution is 2.42. The van der Waals surface area contributed by atoms with E-state index in [-0.39, 0.29) is 22.9 Å². The Labute approximate surface area is 162 Å². The first-order valence-electron chi connectivity index (χ1n) is 8.66. The summed E-state index contributed by atoms with van der Waals surface area (Å²) in [6, 6.07) is 6.98. The molecule has 1 unspecified atom stereocenters. The minimum absolute atomic E-state index is 0.0825. The number of nitrogens with zero attached hydrogens (tertiary/aromatic N) is 1. The second kappa shape index (κ2) is 7.12. The Morgan fingerprint density at radius 1 is 1.18 bits per heavy atom. The van der Waals surface area contributed by atoms with Crippen molar-refractivity contribution in [2.45, 2.75) is 36.6 Å². The van der Waals surface area contributed by atoms with Gasteiger partial charge in [-0.25, -0.2) is 4.98 Å². The SMILES string of the molecule is O=C1NC(=O)C([C@@H]2CCCc3cc(Oc4cc(C(F)(F)F)ccn4)ccc32)S1. The molecule has 2 atom stereocenters. The van der Waals surface area contributed by atoms with Gasteiger partial charge >= 0.3 is 6.18 Å². The molecule has 1 aromatic carbocycles. The molecule has 5 nitrogen and oxygen atoms in total. The van der Waals surface area contributed by atoms with E-state index in [1.807, 2.05) is 6.07 Å². The first-order valence-corrected chi connectivity index (χ1v) is 9.54. The van der Waals surface area contributed by atoms with Gasteiger partial charge in [-0.1, -0.05) is 17.8 Å². The summed E-state index contributed by atoms with van der Waals surface area (Å²) in [6.07, 6.45) is -1.01. The predicted molar refractivity (Wildman–Crippen MR) is 96.4 cm³/mol. The lowest BCUT2D eigenvalue weighted by molar-refractivity contribution is -0.137. The second-order valence-electron chi connectivity index (χ2n) is 6.66. The summed E-state index contributed by atoms with van der Waals surface area (Å²) >= 11 is 1.01. The minimum atomic E-state index is -4.47. The van der Waals surface area contributed by atoms with Crippen LogP contribution in [0.1, 0.15) is 35.4 Å². The molecule has 1 N–H and O–H groups in total. The van der Waals surface area contributed by atoms with E-state index in [9.17, 15) is 22.8 Å². The Morgan fingerprint density at radius 3 is 2.71 bits per heavy atom. The Balaban J connectivity index is 1.58. The number of halogens is 3. The smallest absolute Gasteiger partial charge is 0.416 e. The number of aryl methyl sites for hydroxylation is 1. The maximum absolute atomic E-state index is 12.8. The molecule has 146 valence electrons. The molecule has 0 bridgehead atoms. The monoisotopic (exact) mass is 408 g/mol. The lowest BCUT2D eigenvalue weighted by atomic mass is 9.80. The average molecular weight is 408 g/mol. The molecule has 2 heterocycles. The van der Waals surface area contributed by atoms with Crippen molar-refractivity contribution < 1.29 is 27.5 Å². The molecular formula is C19H15F3N2O3S. The van der Waals surface area contributed by atoms with Gasteiger partial charge in [-0.05, 0) is 48.6 Å². The third-order valence-corrected chi connectivity index (χ3v) is 5.96. The van der Waals surface area contributed by atoms with Crippen LogP contribution in [-0.4, -0.2) is 21.4 Å². The molecule has 1 aliphatic carbocycles. The zero-order chi connectivity index (χ0) is 19.9. The molecule has 2 aliphatic rings. The van der Waals surface area contributed by atoms with E-state index in [1.54, 1.807) is 12.1 Å². The van der Waals surface area contributed by atoms with Crippen molar-refractivity contribution >= 4 is 22.9 Å². The normalized spacial score (nSPS) is 22.0. The number of imide groups is 1. The zero-order valence-electron chi connectivity index (χ0n) is 14.5. The van der Waals surface area contributed by atoms with Crippen molar-refractivity contribution in [1.82, 2.24) is 10.3 Å². The maximum Gasteiger partial charge on any atom is 0.416 e. The van der Waals surface area contributed by atoms with E-state index < -0.39 is 17.0 Å². The summed E-state index contributed by atoms with van der Waals surface area (Å²) in [5.74, 6) is -0.119. The second-order valence-corrected chi connectivity index (χ2v) is 7.77. The molecule has 0 saturated carbocycles. The van der Waals surface area contributed by atoms with Crippen LogP contribution in [0.4, 0.5) is 18.0 Å². The summed E-state index contributed by atoms with van der Waals surface area (Å²) < 4.78 is 44.0. The van der Waals surface area contributed by atoms with Gasteiger partial charge in [0.25, 0.3) is 5.24 Å².